The SMILES string of the molecule is COc1nc(N2CCOCC2)ncc1C(=O)NS1(=O)=NC(=O)c2ccc3c(c2)N(C[C@@H]2CC[C@H]2[C@@H](OC)/C=C/C[C@H](C)C1)C[C@@]1(CCCc2cc(Cl)ccc21)CO3. The van der Waals surface area contributed by atoms with Gasteiger partial charge in [0.1, 0.15) is 21.2 Å². The zero-order chi connectivity index (χ0) is 39.7. The van der Waals surface area contributed by atoms with Crippen LogP contribution >= 0.6 is 11.6 Å². The summed E-state index contributed by atoms with van der Waals surface area (Å²) in [7, 11) is -0.516. The first kappa shape index (κ1) is 39.6. The molecule has 3 aromatic rings. The predicted octanol–water partition coefficient (Wildman–Crippen LogP) is 6.04. The van der Waals surface area contributed by atoms with Crippen molar-refractivity contribution in [3.05, 3.63) is 82.0 Å². The van der Waals surface area contributed by atoms with Gasteiger partial charge in [-0.1, -0.05) is 36.7 Å². The number of carbonyl (C=O) groups excluding carboxylic acids is 2. The van der Waals surface area contributed by atoms with Crippen molar-refractivity contribution in [2.45, 2.75) is 57.0 Å². The molecule has 2 aromatic carbocycles. The van der Waals surface area contributed by atoms with E-state index in [-0.39, 0.29) is 40.2 Å². The molecule has 0 radical (unpaired) electrons. The van der Waals surface area contributed by atoms with Crippen LogP contribution in [0.1, 0.15) is 70.9 Å². The first-order valence-electron chi connectivity index (χ1n) is 19.9. The molecule has 1 spiro atoms. The minimum atomic E-state index is -3.68. The summed E-state index contributed by atoms with van der Waals surface area (Å²) in [6.45, 7) is 6.12. The number of benzene rings is 2. The smallest absolute Gasteiger partial charge is 0.286 e. The van der Waals surface area contributed by atoms with Gasteiger partial charge in [0, 0.05) is 55.5 Å². The number of rotatable bonds is 5. The van der Waals surface area contributed by atoms with Gasteiger partial charge >= 0.3 is 0 Å². The fourth-order valence-corrected chi connectivity index (χ4v) is 11.2. The van der Waals surface area contributed by atoms with E-state index >= 15 is 0 Å². The van der Waals surface area contributed by atoms with E-state index in [1.54, 1.807) is 13.2 Å². The van der Waals surface area contributed by atoms with E-state index in [0.29, 0.717) is 69.4 Å². The molecule has 2 bridgehead atoms. The number of fused-ring (bicyclic) bond motifs is 4. The summed E-state index contributed by atoms with van der Waals surface area (Å²) in [4.78, 5) is 41.3. The van der Waals surface area contributed by atoms with Gasteiger partial charge < -0.3 is 28.7 Å². The second kappa shape index (κ2) is 16.6. The molecule has 15 heteroatoms. The first-order chi connectivity index (χ1) is 27.6. The predicted molar refractivity (Wildman–Crippen MR) is 219 cm³/mol. The Bertz CT molecular complexity index is 2170. The van der Waals surface area contributed by atoms with Crippen LogP contribution in [0, 0.1) is 17.8 Å². The largest absolute Gasteiger partial charge is 0.490 e. The molecular weight excluding hydrogens is 768 g/mol. The number of methoxy groups -OCH3 is 2. The van der Waals surface area contributed by atoms with Crippen LogP contribution in [-0.4, -0.2) is 98.1 Å². The molecule has 304 valence electrons. The van der Waals surface area contributed by atoms with Crippen molar-refractivity contribution < 1.29 is 32.7 Å². The lowest BCUT2D eigenvalue weighted by atomic mass is 9.68. The fourth-order valence-electron chi connectivity index (χ4n) is 9.15. The van der Waals surface area contributed by atoms with E-state index in [9.17, 15) is 13.8 Å². The van der Waals surface area contributed by atoms with Gasteiger partial charge in [-0.25, -0.2) is 9.19 Å². The number of morpholine rings is 1. The van der Waals surface area contributed by atoms with E-state index in [0.717, 1.165) is 49.4 Å². The topological polar surface area (TPSA) is 145 Å². The molecule has 13 nitrogen and oxygen atoms in total. The van der Waals surface area contributed by atoms with Gasteiger partial charge in [0.2, 0.25) is 11.8 Å². The number of anilines is 2. The van der Waals surface area contributed by atoms with Crippen LogP contribution in [0.25, 0.3) is 0 Å². The lowest BCUT2D eigenvalue weighted by Gasteiger charge is -2.46. The molecule has 2 amide bonds. The summed E-state index contributed by atoms with van der Waals surface area (Å²) in [5, 5.41) is 0.729. The molecule has 1 N–H and O–H groups in total. The molecule has 1 unspecified atom stereocenters. The van der Waals surface area contributed by atoms with Crippen LogP contribution in [0.15, 0.2) is 59.1 Å². The molecular formula is C42H51ClN6O7S. The minimum Gasteiger partial charge on any atom is -0.490 e. The van der Waals surface area contributed by atoms with Gasteiger partial charge in [-0.3, -0.25) is 14.3 Å². The summed E-state index contributed by atoms with van der Waals surface area (Å²) < 4.78 is 45.5. The number of aryl methyl sites for hydroxylation is 1. The Labute approximate surface area is 339 Å². The van der Waals surface area contributed by atoms with Gasteiger partial charge in [0.25, 0.3) is 11.8 Å². The molecule has 2 fully saturated rings. The first-order valence-corrected chi connectivity index (χ1v) is 22.0. The molecule has 4 heterocycles. The Hall–Kier alpha value is -4.24. The number of hydrogen-bond donors (Lipinski definition) is 1. The number of allylic oxidation sites excluding steroid dienone is 1. The van der Waals surface area contributed by atoms with Crippen LogP contribution in [0.5, 0.6) is 11.6 Å². The van der Waals surface area contributed by atoms with Crippen LogP contribution < -0.4 is 24.0 Å². The van der Waals surface area contributed by atoms with Crippen LogP contribution in [-0.2, 0) is 31.2 Å². The second-order valence-corrected chi connectivity index (χ2v) is 18.5. The lowest BCUT2D eigenvalue weighted by molar-refractivity contribution is 0.0131. The van der Waals surface area contributed by atoms with E-state index in [1.807, 2.05) is 30.0 Å². The van der Waals surface area contributed by atoms with Crippen molar-refractivity contribution in [3.63, 3.8) is 0 Å². The maximum Gasteiger partial charge on any atom is 0.286 e. The third-order valence-electron chi connectivity index (χ3n) is 12.2. The summed E-state index contributed by atoms with van der Waals surface area (Å²) in [5.74, 6) is 0.0444. The highest BCUT2D eigenvalue weighted by atomic mass is 35.5. The van der Waals surface area contributed by atoms with Crippen molar-refractivity contribution in [2.75, 3.05) is 75.8 Å². The van der Waals surface area contributed by atoms with E-state index < -0.39 is 21.7 Å². The van der Waals surface area contributed by atoms with E-state index in [2.05, 4.69) is 48.2 Å². The normalized spacial score (nSPS) is 29.4. The highest BCUT2D eigenvalue weighted by Gasteiger charge is 2.44. The van der Waals surface area contributed by atoms with Gasteiger partial charge in [-0.15, -0.1) is 4.36 Å². The average Bonchev–Trinajstić information content (AvgIpc) is 3.35. The molecule has 8 rings (SSSR count). The Morgan fingerprint density at radius 2 is 1.95 bits per heavy atom. The minimum absolute atomic E-state index is 0.0177. The van der Waals surface area contributed by atoms with Crippen LogP contribution in [0.3, 0.4) is 0 Å². The second-order valence-electron chi connectivity index (χ2n) is 16.1. The zero-order valence-corrected chi connectivity index (χ0v) is 34.4. The summed E-state index contributed by atoms with van der Waals surface area (Å²) >= 11 is 6.48. The van der Waals surface area contributed by atoms with E-state index in [4.69, 9.17) is 30.5 Å². The summed E-state index contributed by atoms with van der Waals surface area (Å²) in [6.07, 6.45) is 11.0. The highest BCUT2D eigenvalue weighted by Crippen LogP contribution is 2.47. The number of amides is 2. The van der Waals surface area contributed by atoms with Crippen molar-refractivity contribution in [1.82, 2.24) is 14.7 Å². The maximum absolute atomic E-state index is 14.8. The van der Waals surface area contributed by atoms with Crippen LogP contribution in [0.4, 0.5) is 11.6 Å². The molecule has 1 aromatic heterocycles. The van der Waals surface area contributed by atoms with Crippen molar-refractivity contribution in [3.8, 4) is 11.6 Å². The Kier molecular flexibility index (Phi) is 11.5. The molecule has 6 atom stereocenters. The lowest BCUT2D eigenvalue weighted by Crippen LogP contribution is -2.49. The average molecular weight is 819 g/mol. The number of nitrogens with zero attached hydrogens (tertiary/aromatic N) is 5. The fraction of sp³-hybridized carbons (Fsp3) is 0.524. The molecule has 57 heavy (non-hydrogen) atoms. The Balaban J connectivity index is 1.16. The molecule has 5 aliphatic rings. The molecule has 1 saturated carbocycles. The molecule has 1 saturated heterocycles. The highest BCUT2D eigenvalue weighted by molar-refractivity contribution is 7.92. The molecule has 3 aliphatic heterocycles. The number of aromatic nitrogens is 2. The summed E-state index contributed by atoms with van der Waals surface area (Å²) in [6, 6.07) is 11.5. The maximum atomic E-state index is 14.8. The van der Waals surface area contributed by atoms with Gasteiger partial charge in [-0.05, 0) is 97.7 Å². The third-order valence-corrected chi connectivity index (χ3v) is 14.5. The van der Waals surface area contributed by atoms with E-state index in [1.165, 1.54) is 24.4 Å². The Morgan fingerprint density at radius 3 is 2.72 bits per heavy atom. The number of nitrogens with one attached hydrogen (secondary N) is 1. The number of halogens is 1. The van der Waals surface area contributed by atoms with Gasteiger partial charge in [-0.2, -0.15) is 4.98 Å². The number of carbonyl (C=O) groups is 2. The monoisotopic (exact) mass is 818 g/mol. The number of ether oxygens (including phenoxy) is 4. The third kappa shape index (κ3) is 8.23. The van der Waals surface area contributed by atoms with Crippen molar-refractivity contribution in [1.29, 1.82) is 0 Å². The number of hydrogen-bond acceptors (Lipinski definition) is 11. The van der Waals surface area contributed by atoms with Gasteiger partial charge in [0.15, 0.2) is 0 Å². The summed E-state index contributed by atoms with van der Waals surface area (Å²) in [5.41, 5.74) is 3.26. The van der Waals surface area contributed by atoms with Crippen molar-refractivity contribution >= 4 is 45.0 Å². The zero-order valence-electron chi connectivity index (χ0n) is 32.8. The van der Waals surface area contributed by atoms with Crippen molar-refractivity contribution in [2.24, 2.45) is 22.1 Å². The quantitative estimate of drug-likeness (QED) is 0.301. The molecule has 2 aliphatic carbocycles. The van der Waals surface area contributed by atoms with Gasteiger partial charge in [0.05, 0.1) is 44.5 Å². The standard InChI is InChI=1S/C42H51ClN6O7S/c1-27-6-4-8-36(53-2)32-12-9-30(32)23-49-25-42(15-5-7-28-20-31(43)11-13-34(28)42)26-56-37-14-10-29(21-35(37)49)38(50)46-57(52,24-27)47-39(51)33-22-44-41(45-40(33)54-3)48-16-18-55-19-17-48/h4,8,10-11,13-14,20-22,27,30,32,36H,5-7,9,12,15-19,23-26H2,1-3H3,(H,46,47,50,51,52)/b8-4+/t27-,30-,32+,36-,42-,57?/m0/s1. The van der Waals surface area contributed by atoms with Crippen LogP contribution in [0.2, 0.25) is 5.02 Å². The Morgan fingerprint density at radius 1 is 1.11 bits per heavy atom.